The summed E-state index contributed by atoms with van der Waals surface area (Å²) >= 11 is 0. The van der Waals surface area contributed by atoms with Crippen molar-refractivity contribution in [3.63, 3.8) is 0 Å². The van der Waals surface area contributed by atoms with Crippen molar-refractivity contribution in [1.82, 2.24) is 10.6 Å². The molecule has 0 bridgehead atoms. The topological polar surface area (TPSA) is 105 Å². The number of rotatable bonds is 12. The molecule has 0 radical (unpaired) electrons. The Morgan fingerprint density at radius 3 is 2.20 bits per heavy atom. The van der Waals surface area contributed by atoms with Gasteiger partial charge in [0.2, 0.25) is 5.91 Å². The Bertz CT molecular complexity index is 1020. The van der Waals surface area contributed by atoms with Gasteiger partial charge in [-0.3, -0.25) is 4.79 Å². The molecule has 0 spiro atoms. The van der Waals surface area contributed by atoms with Gasteiger partial charge in [-0.1, -0.05) is 68.5 Å². The predicted molar refractivity (Wildman–Crippen MR) is 135 cm³/mol. The molecule has 2 aromatic carbocycles. The zero-order valence-corrected chi connectivity index (χ0v) is 20.3. The summed E-state index contributed by atoms with van der Waals surface area (Å²) < 4.78 is 5.58. The van der Waals surface area contributed by atoms with Gasteiger partial charge in [-0.05, 0) is 46.9 Å². The van der Waals surface area contributed by atoms with Gasteiger partial charge < -0.3 is 20.5 Å². The van der Waals surface area contributed by atoms with Crippen LogP contribution in [0.4, 0.5) is 4.79 Å². The average Bonchev–Trinajstić information content (AvgIpc) is 3.16. The molecule has 7 nitrogen and oxygen atoms in total. The molecule has 2 aromatic rings. The number of hydrogen-bond donors (Lipinski definition) is 3. The molecule has 2 amide bonds. The molecule has 2 atom stereocenters. The fraction of sp³-hybridized carbons (Fsp3) is 0.393. The van der Waals surface area contributed by atoms with Crippen LogP contribution in [-0.4, -0.2) is 42.3 Å². The SMILES string of the molecule is C=CCCC(NC(=O)CC(CNC(=O)OCC1c2ccccc2-c2ccccc21)C(C)C)C(=O)O. The van der Waals surface area contributed by atoms with Crippen LogP contribution in [-0.2, 0) is 14.3 Å². The third-order valence-electron chi connectivity index (χ3n) is 6.54. The molecule has 1 aliphatic rings. The lowest BCUT2D eigenvalue weighted by Gasteiger charge is -2.22. The smallest absolute Gasteiger partial charge is 0.407 e. The number of benzene rings is 2. The Hall–Kier alpha value is -3.61. The van der Waals surface area contributed by atoms with Gasteiger partial charge in [0.05, 0.1) is 0 Å². The van der Waals surface area contributed by atoms with Crippen LogP contribution in [0.1, 0.15) is 50.2 Å². The number of hydrogen-bond acceptors (Lipinski definition) is 4. The van der Waals surface area contributed by atoms with E-state index >= 15 is 0 Å². The van der Waals surface area contributed by atoms with E-state index in [1.54, 1.807) is 6.08 Å². The molecule has 35 heavy (non-hydrogen) atoms. The Morgan fingerprint density at radius 2 is 1.66 bits per heavy atom. The van der Waals surface area contributed by atoms with Gasteiger partial charge in [-0.25, -0.2) is 9.59 Å². The predicted octanol–water partition coefficient (Wildman–Crippen LogP) is 4.72. The number of carbonyl (C=O) groups is 3. The minimum Gasteiger partial charge on any atom is -0.480 e. The molecule has 0 saturated carbocycles. The number of carboxylic acid groups (broad SMARTS) is 1. The zero-order chi connectivity index (χ0) is 25.4. The maximum atomic E-state index is 12.5. The highest BCUT2D eigenvalue weighted by Crippen LogP contribution is 2.44. The summed E-state index contributed by atoms with van der Waals surface area (Å²) in [7, 11) is 0. The maximum absolute atomic E-state index is 12.5. The van der Waals surface area contributed by atoms with Crippen molar-refractivity contribution in [2.75, 3.05) is 13.2 Å². The quantitative estimate of drug-likeness (QED) is 0.383. The molecule has 1 aliphatic carbocycles. The van der Waals surface area contributed by atoms with Gasteiger partial charge in [0, 0.05) is 18.9 Å². The van der Waals surface area contributed by atoms with E-state index in [4.69, 9.17) is 4.74 Å². The van der Waals surface area contributed by atoms with E-state index in [0.29, 0.717) is 6.42 Å². The van der Waals surface area contributed by atoms with Crippen LogP contribution < -0.4 is 10.6 Å². The Kier molecular flexibility index (Phi) is 9.06. The monoisotopic (exact) mass is 478 g/mol. The van der Waals surface area contributed by atoms with Gasteiger partial charge in [0.25, 0.3) is 0 Å². The van der Waals surface area contributed by atoms with Crippen molar-refractivity contribution in [3.8, 4) is 11.1 Å². The molecular formula is C28H34N2O5. The fourth-order valence-corrected chi connectivity index (χ4v) is 4.44. The summed E-state index contributed by atoms with van der Waals surface area (Å²) in [5.41, 5.74) is 4.61. The molecule has 0 fully saturated rings. The minimum atomic E-state index is -1.07. The second kappa shape index (κ2) is 12.2. The van der Waals surface area contributed by atoms with Crippen LogP contribution >= 0.6 is 0 Å². The van der Waals surface area contributed by atoms with Crippen LogP contribution in [0.25, 0.3) is 11.1 Å². The van der Waals surface area contributed by atoms with Crippen molar-refractivity contribution >= 4 is 18.0 Å². The second-order valence-electron chi connectivity index (χ2n) is 9.24. The lowest BCUT2D eigenvalue weighted by Crippen LogP contribution is -2.42. The van der Waals surface area contributed by atoms with Gasteiger partial charge >= 0.3 is 12.1 Å². The summed E-state index contributed by atoms with van der Waals surface area (Å²) in [6, 6.07) is 15.3. The minimum absolute atomic E-state index is 0.0247. The van der Waals surface area contributed by atoms with E-state index in [2.05, 4.69) is 41.5 Å². The van der Waals surface area contributed by atoms with E-state index in [-0.39, 0.29) is 49.7 Å². The van der Waals surface area contributed by atoms with Crippen LogP contribution in [0.15, 0.2) is 61.2 Å². The Morgan fingerprint density at radius 1 is 1.06 bits per heavy atom. The van der Waals surface area contributed by atoms with Crippen LogP contribution in [0.2, 0.25) is 0 Å². The molecule has 0 aliphatic heterocycles. The van der Waals surface area contributed by atoms with Crippen LogP contribution in [0, 0.1) is 11.8 Å². The largest absolute Gasteiger partial charge is 0.480 e. The van der Waals surface area contributed by atoms with E-state index in [1.807, 2.05) is 38.1 Å². The highest BCUT2D eigenvalue weighted by atomic mass is 16.5. The van der Waals surface area contributed by atoms with E-state index < -0.39 is 18.1 Å². The van der Waals surface area contributed by atoms with Crippen LogP contribution in [0.3, 0.4) is 0 Å². The first-order chi connectivity index (χ1) is 16.8. The number of fused-ring (bicyclic) bond motifs is 3. The number of carboxylic acids is 1. The summed E-state index contributed by atoms with van der Waals surface area (Å²) in [6.07, 6.45) is 1.98. The molecule has 2 unspecified atom stereocenters. The maximum Gasteiger partial charge on any atom is 0.407 e. The van der Waals surface area contributed by atoms with Crippen molar-refractivity contribution in [3.05, 3.63) is 72.3 Å². The first-order valence-corrected chi connectivity index (χ1v) is 12.0. The number of aliphatic carboxylic acids is 1. The summed E-state index contributed by atoms with van der Waals surface area (Å²) in [4.78, 5) is 36.4. The zero-order valence-electron chi connectivity index (χ0n) is 20.3. The van der Waals surface area contributed by atoms with Crippen molar-refractivity contribution in [2.24, 2.45) is 11.8 Å². The van der Waals surface area contributed by atoms with Crippen molar-refractivity contribution < 1.29 is 24.2 Å². The first kappa shape index (κ1) is 26.0. The Labute approximate surface area is 206 Å². The normalized spacial score (nSPS) is 13.9. The van der Waals surface area contributed by atoms with Gasteiger partial charge in [0.1, 0.15) is 12.6 Å². The number of ether oxygens (including phenoxy) is 1. The number of carbonyl (C=O) groups excluding carboxylic acids is 2. The van der Waals surface area contributed by atoms with Gasteiger partial charge in [-0.15, -0.1) is 6.58 Å². The van der Waals surface area contributed by atoms with E-state index in [0.717, 1.165) is 22.3 Å². The molecule has 3 N–H and O–H groups in total. The molecule has 0 aromatic heterocycles. The third kappa shape index (κ3) is 6.72. The lowest BCUT2D eigenvalue weighted by molar-refractivity contribution is -0.142. The lowest BCUT2D eigenvalue weighted by atomic mass is 9.92. The van der Waals surface area contributed by atoms with Crippen molar-refractivity contribution in [2.45, 2.75) is 45.1 Å². The van der Waals surface area contributed by atoms with Gasteiger partial charge in [0.15, 0.2) is 0 Å². The Balaban J connectivity index is 1.53. The number of alkyl carbamates (subject to hydrolysis) is 1. The average molecular weight is 479 g/mol. The first-order valence-electron chi connectivity index (χ1n) is 12.0. The highest BCUT2D eigenvalue weighted by Gasteiger charge is 2.29. The van der Waals surface area contributed by atoms with E-state index in [1.165, 1.54) is 0 Å². The third-order valence-corrected chi connectivity index (χ3v) is 6.54. The standard InChI is InChI=1S/C28H34N2O5/c1-4-5-14-25(27(32)33)30-26(31)15-19(18(2)3)16-29-28(34)35-17-24-22-12-8-6-10-20(22)21-11-7-9-13-23(21)24/h4,6-13,18-19,24-25H,1,5,14-17H2,2-3H3,(H,29,34)(H,30,31)(H,32,33). The second-order valence-corrected chi connectivity index (χ2v) is 9.24. The molecular weight excluding hydrogens is 444 g/mol. The summed E-state index contributed by atoms with van der Waals surface area (Å²) in [6.45, 7) is 7.99. The molecule has 0 saturated heterocycles. The molecule has 7 heteroatoms. The van der Waals surface area contributed by atoms with Gasteiger partial charge in [-0.2, -0.15) is 0 Å². The molecule has 0 heterocycles. The highest BCUT2D eigenvalue weighted by molar-refractivity contribution is 5.83. The number of nitrogens with one attached hydrogen (secondary N) is 2. The van der Waals surface area contributed by atoms with Crippen molar-refractivity contribution in [1.29, 1.82) is 0 Å². The number of allylic oxidation sites excluding steroid dienone is 1. The molecule has 3 rings (SSSR count). The van der Waals surface area contributed by atoms with E-state index in [9.17, 15) is 19.5 Å². The fourth-order valence-electron chi connectivity index (χ4n) is 4.44. The summed E-state index contributed by atoms with van der Waals surface area (Å²) in [5.74, 6) is -1.51. The molecule has 186 valence electrons. The number of amides is 2. The summed E-state index contributed by atoms with van der Waals surface area (Å²) in [5, 5.41) is 14.7. The van der Waals surface area contributed by atoms with Crippen LogP contribution in [0.5, 0.6) is 0 Å².